The van der Waals surface area contributed by atoms with Crippen molar-refractivity contribution in [2.24, 2.45) is 0 Å². The highest BCUT2D eigenvalue weighted by atomic mass is 35.5. The van der Waals surface area contributed by atoms with Crippen LogP contribution in [0.5, 0.6) is 5.75 Å². The summed E-state index contributed by atoms with van der Waals surface area (Å²) < 4.78 is 24.9. The maximum Gasteiger partial charge on any atom is 0.152 e. The normalized spacial score (nSPS) is 18.4. The van der Waals surface area contributed by atoms with E-state index >= 15 is 0 Å². The molecular weight excluding hydrogens is 536 g/mol. The molecule has 1 N–H and O–H groups in total. The Morgan fingerprint density at radius 1 is 0.780 bits per heavy atom. The first-order valence-electron chi connectivity index (χ1n) is 13.9. The van der Waals surface area contributed by atoms with Gasteiger partial charge in [0.2, 0.25) is 0 Å². The standard InChI is InChI=1S/C35H35ClO5/c1-2-38-30-16-13-25(14-17-30)19-29-20-28(15-18-32(29)36)34-35(40-24-27-11-7-4-8-12-27)33(21-31(22-37)41-34)39-23-26-9-5-3-6-10-26/h3-18,20-21,33-35,37H,2,19,22-24H2,1H3/t33-,34-,35+/m0/s1. The quantitative estimate of drug-likeness (QED) is 0.192. The van der Waals surface area contributed by atoms with Gasteiger partial charge >= 0.3 is 0 Å². The zero-order valence-electron chi connectivity index (χ0n) is 23.1. The minimum absolute atomic E-state index is 0.236. The molecule has 1 heterocycles. The molecule has 5 nitrogen and oxygen atoms in total. The van der Waals surface area contributed by atoms with E-state index in [4.69, 9.17) is 30.5 Å². The van der Waals surface area contributed by atoms with Crippen molar-refractivity contribution in [1.29, 1.82) is 0 Å². The molecule has 5 rings (SSSR count). The van der Waals surface area contributed by atoms with Crippen molar-refractivity contribution in [2.45, 2.75) is 44.9 Å². The molecule has 0 radical (unpaired) electrons. The Kier molecular flexibility index (Phi) is 10.1. The smallest absolute Gasteiger partial charge is 0.152 e. The van der Waals surface area contributed by atoms with Crippen LogP contribution in [0.3, 0.4) is 0 Å². The highest BCUT2D eigenvalue weighted by Crippen LogP contribution is 2.37. The molecule has 6 heteroatoms. The van der Waals surface area contributed by atoms with E-state index in [1.54, 1.807) is 0 Å². The van der Waals surface area contributed by atoms with Crippen LogP contribution in [0.4, 0.5) is 0 Å². The number of hydrogen-bond acceptors (Lipinski definition) is 5. The van der Waals surface area contributed by atoms with Crippen molar-refractivity contribution in [1.82, 2.24) is 0 Å². The molecule has 0 bridgehead atoms. The van der Waals surface area contributed by atoms with Gasteiger partial charge < -0.3 is 24.1 Å². The number of halogens is 1. The fourth-order valence-corrected chi connectivity index (χ4v) is 5.11. The van der Waals surface area contributed by atoms with Crippen molar-refractivity contribution >= 4 is 11.6 Å². The van der Waals surface area contributed by atoms with Gasteiger partial charge in [0, 0.05) is 5.02 Å². The second-order valence-electron chi connectivity index (χ2n) is 9.96. The summed E-state index contributed by atoms with van der Waals surface area (Å²) in [4.78, 5) is 0. The molecule has 1 aliphatic rings. The Bertz CT molecular complexity index is 1410. The van der Waals surface area contributed by atoms with Gasteiger partial charge in [-0.25, -0.2) is 0 Å². The molecule has 0 aromatic heterocycles. The van der Waals surface area contributed by atoms with Crippen LogP contribution >= 0.6 is 11.6 Å². The maximum atomic E-state index is 10.1. The number of hydrogen-bond donors (Lipinski definition) is 1. The molecule has 4 aromatic carbocycles. The van der Waals surface area contributed by atoms with Crippen molar-refractivity contribution in [3.63, 3.8) is 0 Å². The highest BCUT2D eigenvalue weighted by Gasteiger charge is 2.38. The van der Waals surface area contributed by atoms with Crippen LogP contribution in [-0.4, -0.2) is 30.5 Å². The van der Waals surface area contributed by atoms with E-state index in [2.05, 4.69) is 18.2 Å². The van der Waals surface area contributed by atoms with E-state index < -0.39 is 18.3 Å². The van der Waals surface area contributed by atoms with Gasteiger partial charge in [0.1, 0.15) is 30.3 Å². The molecule has 4 aromatic rings. The summed E-state index contributed by atoms with van der Waals surface area (Å²) in [6.45, 7) is 3.16. The Balaban J connectivity index is 1.42. The second-order valence-corrected chi connectivity index (χ2v) is 10.4. The summed E-state index contributed by atoms with van der Waals surface area (Å²) in [6, 6.07) is 34.0. The number of benzene rings is 4. The lowest BCUT2D eigenvalue weighted by Crippen LogP contribution is -2.40. The van der Waals surface area contributed by atoms with Crippen molar-refractivity contribution in [3.8, 4) is 5.75 Å². The fraction of sp³-hybridized carbons (Fsp3) is 0.257. The van der Waals surface area contributed by atoms with Gasteiger partial charge in [-0.15, -0.1) is 0 Å². The van der Waals surface area contributed by atoms with Crippen LogP contribution < -0.4 is 4.74 Å². The van der Waals surface area contributed by atoms with Crippen LogP contribution in [0.2, 0.25) is 5.02 Å². The molecule has 0 amide bonds. The van der Waals surface area contributed by atoms with Crippen molar-refractivity contribution in [3.05, 3.63) is 148 Å². The molecule has 212 valence electrons. The van der Waals surface area contributed by atoms with Gasteiger partial charge in [-0.1, -0.05) is 96.5 Å². The maximum absolute atomic E-state index is 10.1. The van der Waals surface area contributed by atoms with Crippen LogP contribution in [0.1, 0.15) is 40.8 Å². The number of aliphatic hydroxyl groups is 1. The highest BCUT2D eigenvalue weighted by molar-refractivity contribution is 6.31. The Morgan fingerprint density at radius 2 is 1.44 bits per heavy atom. The van der Waals surface area contributed by atoms with E-state index in [0.29, 0.717) is 37.0 Å². The van der Waals surface area contributed by atoms with E-state index in [1.807, 2.05) is 97.9 Å². The summed E-state index contributed by atoms with van der Waals surface area (Å²) in [7, 11) is 0. The topological polar surface area (TPSA) is 57.2 Å². The van der Waals surface area contributed by atoms with Crippen molar-refractivity contribution in [2.75, 3.05) is 13.2 Å². The molecule has 3 atom stereocenters. The Hall–Kier alpha value is -3.61. The monoisotopic (exact) mass is 570 g/mol. The van der Waals surface area contributed by atoms with Crippen molar-refractivity contribution < 1.29 is 24.1 Å². The molecule has 0 fully saturated rings. The third-order valence-electron chi connectivity index (χ3n) is 7.00. The molecule has 0 unspecified atom stereocenters. The number of ether oxygens (including phenoxy) is 4. The van der Waals surface area contributed by atoms with Gasteiger partial charge in [-0.2, -0.15) is 0 Å². The largest absolute Gasteiger partial charge is 0.494 e. The predicted molar refractivity (Wildman–Crippen MR) is 161 cm³/mol. The summed E-state index contributed by atoms with van der Waals surface area (Å²) in [5, 5.41) is 10.8. The predicted octanol–water partition coefficient (Wildman–Crippen LogP) is 7.45. The third-order valence-corrected chi connectivity index (χ3v) is 7.37. The average molecular weight is 571 g/mol. The minimum atomic E-state index is -0.511. The average Bonchev–Trinajstić information content (AvgIpc) is 3.02. The Labute approximate surface area is 246 Å². The van der Waals surface area contributed by atoms with Crippen LogP contribution in [0.25, 0.3) is 0 Å². The SMILES string of the molecule is CCOc1ccc(Cc2cc([C@@H]3OC(CO)=C[C@H](OCc4ccccc4)[C@H]3OCc3ccccc3)ccc2Cl)cc1. The zero-order chi connectivity index (χ0) is 28.4. The first-order chi connectivity index (χ1) is 20.1. The minimum Gasteiger partial charge on any atom is -0.494 e. The van der Waals surface area contributed by atoms with Gasteiger partial charge in [0.15, 0.2) is 6.10 Å². The lowest BCUT2D eigenvalue weighted by Gasteiger charge is -2.37. The summed E-state index contributed by atoms with van der Waals surface area (Å²) in [5.41, 5.74) is 5.10. The molecule has 1 aliphatic heterocycles. The zero-order valence-corrected chi connectivity index (χ0v) is 23.9. The first-order valence-corrected chi connectivity index (χ1v) is 14.3. The van der Waals surface area contributed by atoms with E-state index in [0.717, 1.165) is 33.6 Å². The number of rotatable bonds is 12. The molecule has 0 spiro atoms. The summed E-state index contributed by atoms with van der Waals surface area (Å²) in [5.74, 6) is 1.30. The summed E-state index contributed by atoms with van der Waals surface area (Å²) in [6.07, 6.45) is 1.06. The molecular formula is C35H35ClO5. The first kappa shape index (κ1) is 28.9. The lowest BCUT2D eigenvalue weighted by molar-refractivity contribution is -0.141. The number of aliphatic hydroxyl groups excluding tert-OH is 1. The molecule has 0 saturated heterocycles. The second kappa shape index (κ2) is 14.3. The Morgan fingerprint density at radius 3 is 2.07 bits per heavy atom. The fourth-order valence-electron chi connectivity index (χ4n) is 4.92. The van der Waals surface area contributed by atoms with Gasteiger partial charge in [-0.05, 0) is 65.4 Å². The van der Waals surface area contributed by atoms with Gasteiger partial charge in [-0.3, -0.25) is 0 Å². The van der Waals surface area contributed by atoms with Gasteiger partial charge in [0.05, 0.1) is 19.8 Å². The van der Waals surface area contributed by atoms with Crippen LogP contribution in [0.15, 0.2) is 115 Å². The molecule has 0 aliphatic carbocycles. The van der Waals surface area contributed by atoms with Gasteiger partial charge in [0.25, 0.3) is 0 Å². The van der Waals surface area contributed by atoms with E-state index in [-0.39, 0.29) is 6.61 Å². The molecule has 41 heavy (non-hydrogen) atoms. The summed E-state index contributed by atoms with van der Waals surface area (Å²) >= 11 is 6.67. The van der Waals surface area contributed by atoms with Crippen LogP contribution in [0, 0.1) is 0 Å². The van der Waals surface area contributed by atoms with E-state index in [9.17, 15) is 5.11 Å². The van der Waals surface area contributed by atoms with Crippen LogP contribution in [-0.2, 0) is 33.8 Å². The van der Waals surface area contributed by atoms with E-state index in [1.165, 1.54) is 0 Å². The molecule has 0 saturated carbocycles. The lowest BCUT2D eigenvalue weighted by atomic mass is 9.94. The third kappa shape index (κ3) is 7.78.